The highest BCUT2D eigenvalue weighted by Gasteiger charge is 2.44. The first-order valence-corrected chi connectivity index (χ1v) is 7.05. The van der Waals surface area contributed by atoms with Gasteiger partial charge in [0, 0.05) is 18.5 Å². The van der Waals surface area contributed by atoms with E-state index in [-0.39, 0.29) is 0 Å². The highest BCUT2D eigenvalue weighted by atomic mass is 15.0. The van der Waals surface area contributed by atoms with Crippen molar-refractivity contribution >= 4 is 0 Å². The lowest BCUT2D eigenvalue weighted by atomic mass is 9.66. The van der Waals surface area contributed by atoms with Crippen molar-refractivity contribution < 1.29 is 0 Å². The maximum absolute atomic E-state index is 3.51. The highest BCUT2D eigenvalue weighted by Crippen LogP contribution is 2.44. The molecule has 2 fully saturated rings. The monoisotopic (exact) mass is 229 g/mol. The van der Waals surface area contributed by atoms with E-state index in [2.05, 4.69) is 36.5 Å². The third-order valence-electron chi connectivity index (χ3n) is 4.81. The molecule has 1 heterocycles. The van der Waals surface area contributed by atoms with E-state index in [0.717, 1.165) is 5.92 Å². The van der Waals surface area contributed by atoms with Gasteiger partial charge in [-0.1, -0.05) is 42.7 Å². The largest absolute Gasteiger partial charge is 0.315 e. The molecule has 3 rings (SSSR count). The average molecular weight is 229 g/mol. The van der Waals surface area contributed by atoms with Crippen LogP contribution in [0.5, 0.6) is 0 Å². The maximum atomic E-state index is 3.51. The van der Waals surface area contributed by atoms with Gasteiger partial charge in [0.1, 0.15) is 0 Å². The maximum Gasteiger partial charge on any atom is 0.00261 e. The fourth-order valence-corrected chi connectivity index (χ4v) is 3.77. The van der Waals surface area contributed by atoms with E-state index in [1.54, 1.807) is 5.56 Å². The Balaban J connectivity index is 1.77. The zero-order chi connectivity index (χ0) is 11.7. The minimum absolute atomic E-state index is 0.588. The fraction of sp³-hybridized carbons (Fsp3) is 0.625. The van der Waals surface area contributed by atoms with Crippen LogP contribution in [-0.4, -0.2) is 13.1 Å². The molecule has 0 unspecified atom stereocenters. The fourth-order valence-electron chi connectivity index (χ4n) is 3.77. The third-order valence-corrected chi connectivity index (χ3v) is 4.81. The van der Waals surface area contributed by atoms with Crippen molar-refractivity contribution in [3.05, 3.63) is 35.4 Å². The molecule has 92 valence electrons. The van der Waals surface area contributed by atoms with Crippen molar-refractivity contribution in [3.8, 4) is 0 Å². The number of benzene rings is 1. The van der Waals surface area contributed by atoms with Crippen LogP contribution in [0.4, 0.5) is 0 Å². The molecule has 1 aromatic rings. The van der Waals surface area contributed by atoms with Gasteiger partial charge < -0.3 is 5.32 Å². The molecule has 17 heavy (non-hydrogen) atoms. The predicted octanol–water partition coefficient (Wildman–Crippen LogP) is 3.32. The van der Waals surface area contributed by atoms with Gasteiger partial charge in [-0.15, -0.1) is 0 Å². The number of hydrogen-bond donors (Lipinski definition) is 1. The molecule has 1 heteroatoms. The predicted molar refractivity (Wildman–Crippen MR) is 72.1 cm³/mol. The van der Waals surface area contributed by atoms with E-state index in [0.29, 0.717) is 5.41 Å². The molecule has 1 aliphatic heterocycles. The van der Waals surface area contributed by atoms with Crippen LogP contribution in [0.2, 0.25) is 0 Å². The molecule has 1 aliphatic carbocycles. The Labute approximate surface area is 105 Å². The molecule has 0 radical (unpaired) electrons. The Kier molecular flexibility index (Phi) is 2.96. The molecular formula is C16H23N. The van der Waals surface area contributed by atoms with Crippen LogP contribution < -0.4 is 5.32 Å². The van der Waals surface area contributed by atoms with Crippen molar-refractivity contribution in [3.63, 3.8) is 0 Å². The van der Waals surface area contributed by atoms with E-state index in [1.807, 2.05) is 0 Å². The molecule has 1 saturated heterocycles. The molecular weight excluding hydrogens is 206 g/mol. The molecule has 0 bridgehead atoms. The summed E-state index contributed by atoms with van der Waals surface area (Å²) in [6.45, 7) is 4.68. The van der Waals surface area contributed by atoms with Crippen LogP contribution in [0.25, 0.3) is 0 Å². The van der Waals surface area contributed by atoms with Crippen LogP contribution in [0, 0.1) is 18.3 Å². The molecule has 2 aliphatic rings. The van der Waals surface area contributed by atoms with E-state index in [1.165, 1.54) is 50.8 Å². The molecule has 0 atom stereocenters. The lowest BCUT2D eigenvalue weighted by molar-refractivity contribution is 0.0812. The third kappa shape index (κ3) is 2.13. The second kappa shape index (κ2) is 4.45. The summed E-state index contributed by atoms with van der Waals surface area (Å²) in [5, 5.41) is 3.51. The van der Waals surface area contributed by atoms with Crippen molar-refractivity contribution in [2.45, 2.75) is 39.0 Å². The quantitative estimate of drug-likeness (QED) is 0.838. The number of aryl methyl sites for hydroxylation is 1. The van der Waals surface area contributed by atoms with Crippen molar-refractivity contribution in [2.75, 3.05) is 13.1 Å². The van der Waals surface area contributed by atoms with E-state index < -0.39 is 0 Å². The molecule has 1 N–H and O–H groups in total. The van der Waals surface area contributed by atoms with Crippen molar-refractivity contribution in [2.24, 2.45) is 11.3 Å². The summed E-state index contributed by atoms with van der Waals surface area (Å²) >= 11 is 0. The van der Waals surface area contributed by atoms with Gasteiger partial charge in [0.25, 0.3) is 0 Å². The summed E-state index contributed by atoms with van der Waals surface area (Å²) in [5.41, 5.74) is 3.53. The van der Waals surface area contributed by atoms with Gasteiger partial charge in [-0.25, -0.2) is 0 Å². The number of hydrogen-bond acceptors (Lipinski definition) is 1. The van der Waals surface area contributed by atoms with Crippen LogP contribution in [0.3, 0.4) is 0 Å². The average Bonchev–Trinajstić information content (AvgIpc) is 2.77. The number of rotatable bonds is 3. The Morgan fingerprint density at radius 3 is 2.59 bits per heavy atom. The summed E-state index contributed by atoms with van der Waals surface area (Å²) in [6, 6.07) is 9.08. The summed E-state index contributed by atoms with van der Waals surface area (Å²) in [7, 11) is 0. The van der Waals surface area contributed by atoms with Gasteiger partial charge in [-0.3, -0.25) is 0 Å². The zero-order valence-corrected chi connectivity index (χ0v) is 10.8. The Bertz CT molecular complexity index is 386. The van der Waals surface area contributed by atoms with Gasteiger partial charge >= 0.3 is 0 Å². The molecule has 1 nitrogen and oxygen atoms in total. The van der Waals surface area contributed by atoms with E-state index in [4.69, 9.17) is 0 Å². The Hall–Kier alpha value is -0.820. The van der Waals surface area contributed by atoms with E-state index in [9.17, 15) is 0 Å². The topological polar surface area (TPSA) is 12.0 Å². The first kappa shape index (κ1) is 11.3. The summed E-state index contributed by atoms with van der Waals surface area (Å²) < 4.78 is 0. The van der Waals surface area contributed by atoms with Gasteiger partial charge in [-0.05, 0) is 37.7 Å². The summed E-state index contributed by atoms with van der Waals surface area (Å²) in [6.07, 6.45) is 7.13. The smallest absolute Gasteiger partial charge is 0.00261 e. The highest BCUT2D eigenvalue weighted by molar-refractivity contribution is 5.24. The zero-order valence-electron chi connectivity index (χ0n) is 10.8. The lowest BCUT2D eigenvalue weighted by Gasteiger charge is -2.48. The SMILES string of the molecule is Cc1cccc(CC2(C3CCCC3)CNC2)c1. The molecule has 0 aromatic heterocycles. The van der Waals surface area contributed by atoms with Gasteiger partial charge in [-0.2, -0.15) is 0 Å². The Morgan fingerprint density at radius 2 is 2.00 bits per heavy atom. The van der Waals surface area contributed by atoms with Crippen molar-refractivity contribution in [1.82, 2.24) is 5.32 Å². The number of nitrogens with one attached hydrogen (secondary N) is 1. The Morgan fingerprint density at radius 1 is 1.24 bits per heavy atom. The standard InChI is InChI=1S/C16H23N/c1-13-5-4-6-14(9-13)10-16(11-17-12-16)15-7-2-3-8-15/h4-6,9,15,17H,2-3,7-8,10-12H2,1H3. The first-order valence-electron chi connectivity index (χ1n) is 7.05. The van der Waals surface area contributed by atoms with E-state index >= 15 is 0 Å². The second-order valence-electron chi connectivity index (χ2n) is 6.11. The first-order chi connectivity index (χ1) is 8.28. The van der Waals surface area contributed by atoms with Gasteiger partial charge in [0.2, 0.25) is 0 Å². The molecule has 1 saturated carbocycles. The van der Waals surface area contributed by atoms with Crippen LogP contribution >= 0.6 is 0 Å². The van der Waals surface area contributed by atoms with Crippen molar-refractivity contribution in [1.29, 1.82) is 0 Å². The van der Waals surface area contributed by atoms with Crippen LogP contribution in [0.15, 0.2) is 24.3 Å². The summed E-state index contributed by atoms with van der Waals surface area (Å²) in [5.74, 6) is 0.976. The molecule has 0 spiro atoms. The normalized spacial score (nSPS) is 23.6. The van der Waals surface area contributed by atoms with Gasteiger partial charge in [0.15, 0.2) is 0 Å². The molecule has 0 amide bonds. The van der Waals surface area contributed by atoms with Crippen LogP contribution in [0.1, 0.15) is 36.8 Å². The molecule has 1 aromatic carbocycles. The van der Waals surface area contributed by atoms with Crippen LogP contribution in [-0.2, 0) is 6.42 Å². The minimum Gasteiger partial charge on any atom is -0.315 e. The minimum atomic E-state index is 0.588. The second-order valence-corrected chi connectivity index (χ2v) is 6.11. The summed E-state index contributed by atoms with van der Waals surface area (Å²) in [4.78, 5) is 0. The lowest BCUT2D eigenvalue weighted by Crippen LogP contribution is -2.58. The van der Waals surface area contributed by atoms with Gasteiger partial charge in [0.05, 0.1) is 0 Å².